The maximum atomic E-state index is 5.76. The molecule has 114 valence electrons. The van der Waals surface area contributed by atoms with Crippen molar-refractivity contribution in [2.24, 2.45) is 0 Å². The molecule has 0 unspecified atom stereocenters. The highest BCUT2D eigenvalue weighted by molar-refractivity contribution is 14.1. The summed E-state index contributed by atoms with van der Waals surface area (Å²) < 4.78 is 7.85. The van der Waals surface area contributed by atoms with Crippen molar-refractivity contribution in [1.29, 1.82) is 0 Å². The quantitative estimate of drug-likeness (QED) is 0.405. The number of hydrogen-bond acceptors (Lipinski definition) is 1. The molecule has 0 saturated heterocycles. The van der Waals surface area contributed by atoms with Crippen LogP contribution in [0, 0.1) is 0 Å². The molecule has 0 aromatic heterocycles. The minimum absolute atomic E-state index is 0.652. The average molecular weight is 404 g/mol. The van der Waals surface area contributed by atoms with Gasteiger partial charge in [-0.1, -0.05) is 95.4 Å². The number of allylic oxidation sites excluding steroid dienone is 1. The summed E-state index contributed by atoms with van der Waals surface area (Å²) in [4.78, 5) is 0. The minimum atomic E-state index is 0.652. The van der Waals surface area contributed by atoms with Crippen molar-refractivity contribution in [2.45, 2.75) is 19.4 Å². The third-order valence-corrected chi connectivity index (χ3v) is 4.09. The number of benzene rings is 2. The SMILES string of the molecule is I/C=C(/C=C/CCc1ccccc1)COCc1ccccc1. The summed E-state index contributed by atoms with van der Waals surface area (Å²) in [5.41, 5.74) is 3.81. The molecule has 0 fully saturated rings. The Balaban J connectivity index is 1.69. The van der Waals surface area contributed by atoms with E-state index in [1.54, 1.807) is 0 Å². The smallest absolute Gasteiger partial charge is 0.0725 e. The molecule has 0 atom stereocenters. The van der Waals surface area contributed by atoms with Crippen LogP contribution >= 0.6 is 22.6 Å². The molecular formula is C20H21IO. The van der Waals surface area contributed by atoms with Crippen LogP contribution in [-0.2, 0) is 17.8 Å². The Morgan fingerprint density at radius 1 is 0.909 bits per heavy atom. The Labute approximate surface area is 146 Å². The standard InChI is InChI=1S/C20H21IO/c21-15-20(17-22-16-19-12-5-2-6-13-19)14-8-7-11-18-9-3-1-4-10-18/h1-6,8-10,12-15H,7,11,16-17H2/b14-8+,20-15-. The van der Waals surface area contributed by atoms with Crippen molar-refractivity contribution in [3.63, 3.8) is 0 Å². The van der Waals surface area contributed by atoms with E-state index in [0.29, 0.717) is 13.2 Å². The average Bonchev–Trinajstić information content (AvgIpc) is 2.59. The van der Waals surface area contributed by atoms with Gasteiger partial charge in [-0.15, -0.1) is 0 Å². The predicted molar refractivity (Wildman–Crippen MR) is 102 cm³/mol. The fraction of sp³-hybridized carbons (Fsp3) is 0.200. The lowest BCUT2D eigenvalue weighted by atomic mass is 10.1. The maximum Gasteiger partial charge on any atom is 0.0725 e. The summed E-state index contributed by atoms with van der Waals surface area (Å²) in [5.74, 6) is 0. The molecule has 2 aromatic carbocycles. The number of aryl methyl sites for hydroxylation is 1. The monoisotopic (exact) mass is 404 g/mol. The van der Waals surface area contributed by atoms with Gasteiger partial charge in [0, 0.05) is 0 Å². The molecular weight excluding hydrogens is 383 g/mol. The van der Waals surface area contributed by atoms with E-state index in [0.717, 1.165) is 12.8 Å². The first-order valence-electron chi connectivity index (χ1n) is 7.50. The van der Waals surface area contributed by atoms with Crippen LogP contribution in [0.2, 0.25) is 0 Å². The molecule has 2 rings (SSSR count). The van der Waals surface area contributed by atoms with E-state index in [2.05, 4.69) is 81.3 Å². The maximum absolute atomic E-state index is 5.76. The highest BCUT2D eigenvalue weighted by Gasteiger charge is 1.95. The summed E-state index contributed by atoms with van der Waals surface area (Å²) in [6.45, 7) is 1.31. The zero-order valence-corrected chi connectivity index (χ0v) is 14.8. The molecule has 0 bridgehead atoms. The molecule has 0 N–H and O–H groups in total. The van der Waals surface area contributed by atoms with E-state index in [1.807, 2.05) is 18.2 Å². The van der Waals surface area contributed by atoms with Gasteiger partial charge in [0.15, 0.2) is 0 Å². The van der Waals surface area contributed by atoms with Crippen LogP contribution in [0.3, 0.4) is 0 Å². The Morgan fingerprint density at radius 3 is 2.18 bits per heavy atom. The largest absolute Gasteiger partial charge is 0.372 e. The molecule has 0 saturated carbocycles. The van der Waals surface area contributed by atoms with Crippen molar-refractivity contribution in [3.05, 3.63) is 93.6 Å². The Kier molecular flexibility index (Phi) is 7.99. The van der Waals surface area contributed by atoms with Crippen LogP contribution in [0.25, 0.3) is 0 Å². The van der Waals surface area contributed by atoms with Crippen LogP contribution < -0.4 is 0 Å². The van der Waals surface area contributed by atoms with E-state index < -0.39 is 0 Å². The highest BCUT2D eigenvalue weighted by atomic mass is 127. The fourth-order valence-electron chi connectivity index (χ4n) is 2.11. The van der Waals surface area contributed by atoms with Gasteiger partial charge in [0.2, 0.25) is 0 Å². The van der Waals surface area contributed by atoms with E-state index >= 15 is 0 Å². The summed E-state index contributed by atoms with van der Waals surface area (Å²) in [7, 11) is 0. The predicted octanol–water partition coefficient (Wildman–Crippen LogP) is 5.71. The van der Waals surface area contributed by atoms with Gasteiger partial charge in [-0.2, -0.15) is 0 Å². The van der Waals surface area contributed by atoms with Gasteiger partial charge in [-0.3, -0.25) is 0 Å². The van der Waals surface area contributed by atoms with Gasteiger partial charge in [0.05, 0.1) is 13.2 Å². The summed E-state index contributed by atoms with van der Waals surface area (Å²) in [6, 6.07) is 20.9. The van der Waals surface area contributed by atoms with E-state index in [4.69, 9.17) is 4.74 Å². The Morgan fingerprint density at radius 2 is 1.55 bits per heavy atom. The normalized spacial score (nSPS) is 12.0. The van der Waals surface area contributed by atoms with Crippen LogP contribution in [-0.4, -0.2) is 6.61 Å². The third-order valence-electron chi connectivity index (χ3n) is 3.29. The second-order valence-corrected chi connectivity index (χ2v) is 5.71. The molecule has 0 aliphatic carbocycles. The molecule has 1 nitrogen and oxygen atoms in total. The van der Waals surface area contributed by atoms with Gasteiger partial charge >= 0.3 is 0 Å². The molecule has 2 aromatic rings. The molecule has 22 heavy (non-hydrogen) atoms. The Bertz CT molecular complexity index is 588. The van der Waals surface area contributed by atoms with E-state index in [-0.39, 0.29) is 0 Å². The molecule has 0 radical (unpaired) electrons. The zero-order chi connectivity index (χ0) is 15.5. The highest BCUT2D eigenvalue weighted by Crippen LogP contribution is 2.08. The fourth-order valence-corrected chi connectivity index (χ4v) is 2.49. The van der Waals surface area contributed by atoms with Crippen LogP contribution in [0.1, 0.15) is 17.5 Å². The first-order chi connectivity index (χ1) is 10.9. The Hall–Kier alpha value is -1.39. The zero-order valence-electron chi connectivity index (χ0n) is 12.6. The topological polar surface area (TPSA) is 9.23 Å². The van der Waals surface area contributed by atoms with Crippen molar-refractivity contribution in [1.82, 2.24) is 0 Å². The summed E-state index contributed by atoms with van der Waals surface area (Å²) in [5, 5.41) is 0. The van der Waals surface area contributed by atoms with Crippen molar-refractivity contribution >= 4 is 22.6 Å². The van der Waals surface area contributed by atoms with Crippen molar-refractivity contribution in [2.75, 3.05) is 6.61 Å². The number of hydrogen-bond donors (Lipinski definition) is 0. The lowest BCUT2D eigenvalue weighted by Crippen LogP contribution is -1.97. The number of ether oxygens (including phenoxy) is 1. The molecule has 2 heteroatoms. The lowest BCUT2D eigenvalue weighted by Gasteiger charge is -2.05. The van der Waals surface area contributed by atoms with Crippen molar-refractivity contribution < 1.29 is 4.74 Å². The van der Waals surface area contributed by atoms with Crippen LogP contribution in [0.5, 0.6) is 0 Å². The van der Waals surface area contributed by atoms with Gasteiger partial charge < -0.3 is 4.74 Å². The number of rotatable bonds is 8. The van der Waals surface area contributed by atoms with Crippen LogP contribution in [0.15, 0.2) is 82.5 Å². The second-order valence-electron chi connectivity index (χ2n) is 5.09. The van der Waals surface area contributed by atoms with Gasteiger partial charge in [-0.25, -0.2) is 0 Å². The number of halogens is 1. The van der Waals surface area contributed by atoms with Gasteiger partial charge in [-0.05, 0) is 33.6 Å². The molecule has 0 spiro atoms. The van der Waals surface area contributed by atoms with E-state index in [9.17, 15) is 0 Å². The molecule has 0 amide bonds. The third kappa shape index (κ3) is 6.58. The van der Waals surface area contributed by atoms with Gasteiger partial charge in [0.25, 0.3) is 0 Å². The first-order valence-corrected chi connectivity index (χ1v) is 8.74. The summed E-state index contributed by atoms with van der Waals surface area (Å²) >= 11 is 2.27. The molecule has 0 aliphatic rings. The summed E-state index contributed by atoms with van der Waals surface area (Å²) in [6.07, 6.45) is 6.52. The first kappa shape index (κ1) is 17.0. The van der Waals surface area contributed by atoms with E-state index in [1.165, 1.54) is 16.7 Å². The van der Waals surface area contributed by atoms with Crippen molar-refractivity contribution in [3.8, 4) is 0 Å². The molecule has 0 heterocycles. The molecule has 0 aliphatic heterocycles. The minimum Gasteiger partial charge on any atom is -0.372 e. The van der Waals surface area contributed by atoms with Crippen LogP contribution in [0.4, 0.5) is 0 Å². The second kappa shape index (κ2) is 10.4. The lowest BCUT2D eigenvalue weighted by molar-refractivity contribution is 0.144. The van der Waals surface area contributed by atoms with Gasteiger partial charge in [0.1, 0.15) is 0 Å².